The van der Waals surface area contributed by atoms with Crippen LogP contribution in [0.1, 0.15) is 22.7 Å². The molecule has 0 aliphatic rings. The highest BCUT2D eigenvalue weighted by molar-refractivity contribution is 9.10. The van der Waals surface area contributed by atoms with E-state index >= 15 is 0 Å². The van der Waals surface area contributed by atoms with Gasteiger partial charge in [-0.1, -0.05) is 0 Å². The van der Waals surface area contributed by atoms with Crippen molar-refractivity contribution in [3.63, 3.8) is 0 Å². The number of halogens is 5. The molecule has 0 aliphatic carbocycles. The van der Waals surface area contributed by atoms with Crippen molar-refractivity contribution in [1.29, 1.82) is 0 Å². The summed E-state index contributed by atoms with van der Waals surface area (Å²) in [5.41, 5.74) is 1.72. The van der Waals surface area contributed by atoms with Crippen molar-refractivity contribution >= 4 is 15.9 Å². The van der Waals surface area contributed by atoms with Gasteiger partial charge in [-0.05, 0) is 46.6 Å². The molecule has 0 aliphatic heterocycles. The second-order valence-electron chi connectivity index (χ2n) is 4.48. The largest absolute Gasteiger partial charge is 0.271 e. The molecule has 2 aromatic rings. The number of hydrogen-bond acceptors (Lipinski definition) is 2. The topological polar surface area (TPSA) is 38.0 Å². The second-order valence-corrected chi connectivity index (χ2v) is 5.33. The fourth-order valence-corrected chi connectivity index (χ4v) is 2.38. The lowest BCUT2D eigenvalue weighted by atomic mass is 9.96. The summed E-state index contributed by atoms with van der Waals surface area (Å²) in [5, 5.41) is 0. The van der Waals surface area contributed by atoms with Crippen LogP contribution in [0.3, 0.4) is 0 Å². The number of hydrogen-bond donors (Lipinski definition) is 2. The van der Waals surface area contributed by atoms with E-state index in [1.165, 1.54) is 13.0 Å². The van der Waals surface area contributed by atoms with Crippen molar-refractivity contribution in [3.05, 3.63) is 68.7 Å². The highest BCUT2D eigenvalue weighted by Crippen LogP contribution is 2.32. The molecule has 7 heteroatoms. The van der Waals surface area contributed by atoms with Gasteiger partial charge in [0.25, 0.3) is 0 Å². The highest BCUT2D eigenvalue weighted by atomic mass is 79.9. The SMILES string of the molecule is Cc1cc(C(NN)c2c(F)ccc(Br)c2F)c(F)cc1F. The molecule has 0 aromatic heterocycles. The van der Waals surface area contributed by atoms with E-state index in [9.17, 15) is 17.6 Å². The fraction of sp³-hybridized carbons (Fsp3) is 0.143. The van der Waals surface area contributed by atoms with Crippen molar-refractivity contribution in [1.82, 2.24) is 5.43 Å². The molecule has 0 saturated carbocycles. The Balaban J connectivity index is 2.66. The van der Waals surface area contributed by atoms with Crippen molar-refractivity contribution < 1.29 is 17.6 Å². The van der Waals surface area contributed by atoms with Gasteiger partial charge in [0.1, 0.15) is 23.3 Å². The molecule has 0 radical (unpaired) electrons. The molecular formula is C14H11BrF4N2. The minimum absolute atomic E-state index is 0.0124. The van der Waals surface area contributed by atoms with Crippen LogP contribution in [0.5, 0.6) is 0 Å². The molecule has 0 heterocycles. The second kappa shape index (κ2) is 6.13. The van der Waals surface area contributed by atoms with Crippen LogP contribution in [0.4, 0.5) is 17.6 Å². The molecule has 2 nitrogen and oxygen atoms in total. The molecule has 2 aromatic carbocycles. The van der Waals surface area contributed by atoms with Crippen molar-refractivity contribution in [2.75, 3.05) is 0 Å². The molecular weight excluding hydrogens is 352 g/mol. The summed E-state index contributed by atoms with van der Waals surface area (Å²) in [6.45, 7) is 1.42. The number of nitrogens with two attached hydrogens (primary N) is 1. The maximum atomic E-state index is 14.1. The maximum Gasteiger partial charge on any atom is 0.145 e. The van der Waals surface area contributed by atoms with E-state index in [1.54, 1.807) is 0 Å². The third-order valence-electron chi connectivity index (χ3n) is 3.12. The van der Waals surface area contributed by atoms with Gasteiger partial charge in [0.15, 0.2) is 0 Å². The molecule has 0 spiro atoms. The summed E-state index contributed by atoms with van der Waals surface area (Å²) in [7, 11) is 0. The third-order valence-corrected chi connectivity index (χ3v) is 3.74. The Morgan fingerprint density at radius 3 is 2.33 bits per heavy atom. The number of rotatable bonds is 3. The standard InChI is InChI=1S/C14H11BrF4N2/c1-6-4-7(11(18)5-10(6)17)14(21-20)12-9(16)3-2-8(15)13(12)19/h2-5,14,21H,20H2,1H3. The zero-order valence-electron chi connectivity index (χ0n) is 10.9. The first kappa shape index (κ1) is 15.9. The molecule has 3 N–H and O–H groups in total. The van der Waals surface area contributed by atoms with Crippen LogP contribution >= 0.6 is 15.9 Å². The van der Waals surface area contributed by atoms with E-state index in [4.69, 9.17) is 5.84 Å². The van der Waals surface area contributed by atoms with Gasteiger partial charge < -0.3 is 0 Å². The van der Waals surface area contributed by atoms with Gasteiger partial charge in [0.05, 0.1) is 10.5 Å². The first-order valence-electron chi connectivity index (χ1n) is 5.91. The number of hydrazine groups is 1. The van der Waals surface area contributed by atoms with Gasteiger partial charge in [-0.15, -0.1) is 0 Å². The minimum Gasteiger partial charge on any atom is -0.271 e. The van der Waals surface area contributed by atoms with Crippen LogP contribution in [0.15, 0.2) is 28.7 Å². The lowest BCUT2D eigenvalue weighted by Gasteiger charge is -2.20. The van der Waals surface area contributed by atoms with Crippen LogP contribution in [-0.4, -0.2) is 0 Å². The van der Waals surface area contributed by atoms with Crippen LogP contribution in [0.2, 0.25) is 0 Å². The maximum absolute atomic E-state index is 14.1. The first-order chi connectivity index (χ1) is 9.86. The lowest BCUT2D eigenvalue weighted by molar-refractivity contribution is 0.489. The summed E-state index contributed by atoms with van der Waals surface area (Å²) in [6.07, 6.45) is 0. The van der Waals surface area contributed by atoms with Gasteiger partial charge >= 0.3 is 0 Å². The normalized spacial score (nSPS) is 12.5. The van der Waals surface area contributed by atoms with Crippen LogP contribution in [-0.2, 0) is 0 Å². The quantitative estimate of drug-likeness (QED) is 0.376. The summed E-state index contributed by atoms with van der Waals surface area (Å²) < 4.78 is 55.3. The van der Waals surface area contributed by atoms with E-state index in [-0.39, 0.29) is 15.6 Å². The number of benzene rings is 2. The Kier molecular flexibility index (Phi) is 4.65. The van der Waals surface area contributed by atoms with Crippen molar-refractivity contribution in [3.8, 4) is 0 Å². The van der Waals surface area contributed by atoms with Crippen LogP contribution in [0.25, 0.3) is 0 Å². The molecule has 1 atom stereocenters. The van der Waals surface area contributed by atoms with E-state index in [2.05, 4.69) is 21.4 Å². The van der Waals surface area contributed by atoms with Gasteiger partial charge in [0.2, 0.25) is 0 Å². The number of aryl methyl sites for hydroxylation is 1. The molecule has 2 rings (SSSR count). The van der Waals surface area contributed by atoms with Crippen LogP contribution < -0.4 is 11.3 Å². The molecule has 0 fully saturated rings. The highest BCUT2D eigenvalue weighted by Gasteiger charge is 2.25. The summed E-state index contributed by atoms with van der Waals surface area (Å²) >= 11 is 2.93. The monoisotopic (exact) mass is 362 g/mol. The van der Waals surface area contributed by atoms with E-state index in [1.807, 2.05) is 0 Å². The van der Waals surface area contributed by atoms with Gasteiger partial charge in [0, 0.05) is 17.2 Å². The average molecular weight is 363 g/mol. The predicted molar refractivity (Wildman–Crippen MR) is 74.3 cm³/mol. The predicted octanol–water partition coefficient (Wildman–Crippen LogP) is 3.87. The molecule has 21 heavy (non-hydrogen) atoms. The Morgan fingerprint density at radius 2 is 1.71 bits per heavy atom. The molecule has 112 valence electrons. The van der Waals surface area contributed by atoms with E-state index in [0.717, 1.165) is 12.1 Å². The summed E-state index contributed by atoms with van der Waals surface area (Å²) in [6, 6.07) is 2.74. The third kappa shape index (κ3) is 2.95. The fourth-order valence-electron chi connectivity index (χ4n) is 2.04. The van der Waals surface area contributed by atoms with E-state index in [0.29, 0.717) is 6.07 Å². The molecule has 0 amide bonds. The Labute approximate surface area is 127 Å². The van der Waals surface area contributed by atoms with Crippen molar-refractivity contribution in [2.24, 2.45) is 5.84 Å². The zero-order chi connectivity index (χ0) is 15.7. The zero-order valence-corrected chi connectivity index (χ0v) is 12.4. The lowest BCUT2D eigenvalue weighted by Crippen LogP contribution is -2.31. The molecule has 0 saturated heterocycles. The van der Waals surface area contributed by atoms with Crippen molar-refractivity contribution in [2.45, 2.75) is 13.0 Å². The van der Waals surface area contributed by atoms with Gasteiger partial charge in [-0.2, -0.15) is 0 Å². The molecule has 0 bridgehead atoms. The Bertz CT molecular complexity index is 691. The smallest absolute Gasteiger partial charge is 0.145 e. The Hall–Kier alpha value is -1.44. The minimum atomic E-state index is -1.29. The summed E-state index contributed by atoms with van der Waals surface area (Å²) in [5.74, 6) is 1.84. The van der Waals surface area contributed by atoms with Gasteiger partial charge in [-0.25, -0.2) is 23.0 Å². The van der Waals surface area contributed by atoms with Gasteiger partial charge in [-0.3, -0.25) is 5.84 Å². The number of nitrogens with one attached hydrogen (secondary N) is 1. The molecule has 1 unspecified atom stereocenters. The first-order valence-corrected chi connectivity index (χ1v) is 6.71. The Morgan fingerprint density at radius 1 is 1.05 bits per heavy atom. The van der Waals surface area contributed by atoms with E-state index < -0.39 is 34.9 Å². The average Bonchev–Trinajstić information content (AvgIpc) is 2.44. The summed E-state index contributed by atoms with van der Waals surface area (Å²) in [4.78, 5) is 0. The van der Waals surface area contributed by atoms with Crippen LogP contribution in [0, 0.1) is 30.2 Å².